The first-order valence-corrected chi connectivity index (χ1v) is 13.5. The number of ether oxygens (including phenoxy) is 1. The topological polar surface area (TPSA) is 56.5 Å². The Labute approximate surface area is 213 Å². The predicted octanol–water partition coefficient (Wildman–Crippen LogP) is 7.46. The number of rotatable bonds is 17. The molecule has 0 aliphatic carbocycles. The molecule has 2 aromatic carbocycles. The van der Waals surface area contributed by atoms with Gasteiger partial charge in [-0.2, -0.15) is 5.26 Å². The smallest absolute Gasteiger partial charge is 0.119 e. The van der Waals surface area contributed by atoms with Crippen LogP contribution in [0.1, 0.15) is 95.2 Å². The van der Waals surface area contributed by atoms with E-state index >= 15 is 0 Å². The Morgan fingerprint density at radius 3 is 2.23 bits per heavy atom. The third kappa shape index (κ3) is 10.4. The van der Waals surface area contributed by atoms with Crippen LogP contribution in [0.4, 0.5) is 0 Å². The second-order valence-corrected chi connectivity index (χ2v) is 10.1. The summed E-state index contributed by atoms with van der Waals surface area (Å²) in [6.07, 6.45) is 7.79. The predicted molar refractivity (Wildman–Crippen MR) is 146 cm³/mol. The van der Waals surface area contributed by atoms with Gasteiger partial charge in [-0.05, 0) is 90.0 Å². The molecule has 0 aliphatic rings. The summed E-state index contributed by atoms with van der Waals surface area (Å²) < 4.78 is 5.76. The first-order valence-electron chi connectivity index (χ1n) is 13.5. The molecule has 0 saturated heterocycles. The van der Waals surface area contributed by atoms with Gasteiger partial charge in [-0.25, -0.2) is 0 Å². The van der Waals surface area contributed by atoms with Crippen LogP contribution >= 0.6 is 0 Å². The molecule has 0 aliphatic heterocycles. The number of phenols is 1. The number of benzene rings is 2. The molecule has 0 aromatic heterocycles. The SMILES string of the molecule is CC(C)N(CC[C@H](c1ccccc1)c1cc(CCCCOCCCCCC#N)ccc1O)C(C)C. The molecule has 2 aromatic rings. The number of nitrogens with zero attached hydrogens (tertiary/aromatic N) is 2. The fourth-order valence-electron chi connectivity index (χ4n) is 4.84. The van der Waals surface area contributed by atoms with E-state index in [0.717, 1.165) is 70.3 Å². The molecule has 1 N–H and O–H groups in total. The van der Waals surface area contributed by atoms with E-state index < -0.39 is 0 Å². The molecule has 1 atom stereocenters. The Hall–Kier alpha value is -2.35. The highest BCUT2D eigenvalue weighted by Gasteiger charge is 2.21. The normalized spacial score (nSPS) is 12.4. The molecule has 192 valence electrons. The fraction of sp³-hybridized carbons (Fsp3) is 0.581. The molecule has 0 saturated carbocycles. The van der Waals surface area contributed by atoms with Gasteiger partial charge in [0, 0.05) is 43.2 Å². The molecule has 2 rings (SSSR count). The van der Waals surface area contributed by atoms with Gasteiger partial charge in [0.1, 0.15) is 5.75 Å². The van der Waals surface area contributed by atoms with Crippen molar-refractivity contribution in [2.24, 2.45) is 0 Å². The fourth-order valence-corrected chi connectivity index (χ4v) is 4.84. The zero-order valence-corrected chi connectivity index (χ0v) is 22.4. The van der Waals surface area contributed by atoms with Crippen LogP contribution in [0.3, 0.4) is 0 Å². The molecule has 0 bridgehead atoms. The number of aromatic hydroxyl groups is 1. The van der Waals surface area contributed by atoms with Gasteiger partial charge in [0.15, 0.2) is 0 Å². The minimum atomic E-state index is 0.167. The lowest BCUT2D eigenvalue weighted by Crippen LogP contribution is -2.38. The van der Waals surface area contributed by atoms with Crippen molar-refractivity contribution in [3.8, 4) is 11.8 Å². The molecule has 35 heavy (non-hydrogen) atoms. The van der Waals surface area contributed by atoms with Crippen molar-refractivity contribution in [3.63, 3.8) is 0 Å². The summed E-state index contributed by atoms with van der Waals surface area (Å²) in [7, 11) is 0. The lowest BCUT2D eigenvalue weighted by Gasteiger charge is -2.32. The van der Waals surface area contributed by atoms with Gasteiger partial charge >= 0.3 is 0 Å². The standard InChI is InChI=1S/C31H46N2O2/c1-25(2)33(26(3)4)21-19-29(28-15-8-7-9-16-28)30-24-27(17-18-31(30)34)14-10-13-23-35-22-12-6-5-11-20-32/h7-9,15-18,24-26,29,34H,5-6,10-14,19,21-23H2,1-4H3/t29-/m1/s1. The van der Waals surface area contributed by atoms with Crippen molar-refractivity contribution < 1.29 is 9.84 Å². The van der Waals surface area contributed by atoms with Crippen molar-refractivity contribution in [2.45, 2.75) is 97.1 Å². The van der Waals surface area contributed by atoms with Crippen molar-refractivity contribution in [3.05, 3.63) is 65.2 Å². The molecule has 4 nitrogen and oxygen atoms in total. The molecule has 0 heterocycles. The number of hydrogen-bond donors (Lipinski definition) is 1. The summed E-state index contributed by atoms with van der Waals surface area (Å²) in [6.45, 7) is 11.6. The third-order valence-corrected chi connectivity index (χ3v) is 6.75. The Balaban J connectivity index is 1.97. The van der Waals surface area contributed by atoms with Gasteiger partial charge in [0.05, 0.1) is 6.07 Å². The largest absolute Gasteiger partial charge is 0.508 e. The van der Waals surface area contributed by atoms with E-state index in [1.807, 2.05) is 6.07 Å². The van der Waals surface area contributed by atoms with Crippen LogP contribution in [0, 0.1) is 11.3 Å². The zero-order valence-electron chi connectivity index (χ0n) is 22.4. The molecular weight excluding hydrogens is 432 g/mol. The van der Waals surface area contributed by atoms with E-state index in [4.69, 9.17) is 10.00 Å². The van der Waals surface area contributed by atoms with Crippen LogP contribution in [0.5, 0.6) is 5.75 Å². The molecule has 0 amide bonds. The Kier molecular flexibility index (Phi) is 13.5. The maximum absolute atomic E-state index is 10.8. The van der Waals surface area contributed by atoms with E-state index in [1.165, 1.54) is 11.1 Å². The molecule has 4 heteroatoms. The number of aryl methyl sites for hydroxylation is 1. The van der Waals surface area contributed by atoms with Crippen LogP contribution in [0.15, 0.2) is 48.5 Å². The van der Waals surface area contributed by atoms with E-state index in [-0.39, 0.29) is 5.92 Å². The van der Waals surface area contributed by atoms with Gasteiger partial charge < -0.3 is 9.84 Å². The van der Waals surface area contributed by atoms with Crippen LogP contribution in [0.2, 0.25) is 0 Å². The molecular formula is C31H46N2O2. The Morgan fingerprint density at radius 2 is 1.57 bits per heavy atom. The zero-order chi connectivity index (χ0) is 25.5. The second kappa shape index (κ2) is 16.3. The highest BCUT2D eigenvalue weighted by molar-refractivity contribution is 5.43. The minimum Gasteiger partial charge on any atom is -0.508 e. The summed E-state index contributed by atoms with van der Waals surface area (Å²) in [5.41, 5.74) is 3.57. The average molecular weight is 479 g/mol. The monoisotopic (exact) mass is 478 g/mol. The second-order valence-electron chi connectivity index (χ2n) is 10.1. The van der Waals surface area contributed by atoms with Gasteiger partial charge in [-0.3, -0.25) is 4.90 Å². The van der Waals surface area contributed by atoms with E-state index in [0.29, 0.717) is 24.3 Å². The molecule has 0 spiro atoms. The van der Waals surface area contributed by atoms with Crippen molar-refractivity contribution in [1.82, 2.24) is 4.90 Å². The first kappa shape index (κ1) is 28.9. The Morgan fingerprint density at radius 1 is 0.886 bits per heavy atom. The maximum Gasteiger partial charge on any atom is 0.119 e. The molecule has 0 fully saturated rings. The average Bonchev–Trinajstić information content (AvgIpc) is 2.84. The van der Waals surface area contributed by atoms with E-state index in [9.17, 15) is 5.11 Å². The van der Waals surface area contributed by atoms with Gasteiger partial charge in [0.2, 0.25) is 0 Å². The number of nitriles is 1. The molecule has 0 unspecified atom stereocenters. The maximum atomic E-state index is 10.8. The van der Waals surface area contributed by atoms with Crippen molar-refractivity contribution in [1.29, 1.82) is 5.26 Å². The van der Waals surface area contributed by atoms with Gasteiger partial charge in [-0.15, -0.1) is 0 Å². The van der Waals surface area contributed by atoms with Gasteiger partial charge in [-0.1, -0.05) is 48.9 Å². The first-order chi connectivity index (χ1) is 16.9. The summed E-state index contributed by atoms with van der Waals surface area (Å²) >= 11 is 0. The lowest BCUT2D eigenvalue weighted by molar-refractivity contribution is 0.126. The lowest BCUT2D eigenvalue weighted by atomic mass is 9.86. The van der Waals surface area contributed by atoms with E-state index in [1.54, 1.807) is 0 Å². The van der Waals surface area contributed by atoms with E-state index in [2.05, 4.69) is 81.1 Å². The van der Waals surface area contributed by atoms with Crippen LogP contribution in [-0.4, -0.2) is 41.8 Å². The summed E-state index contributed by atoms with van der Waals surface area (Å²) in [5.74, 6) is 0.559. The Bertz CT molecular complexity index is 865. The van der Waals surface area contributed by atoms with Gasteiger partial charge in [0.25, 0.3) is 0 Å². The number of hydrogen-bond acceptors (Lipinski definition) is 4. The minimum absolute atomic E-state index is 0.167. The quantitative estimate of drug-likeness (QED) is 0.240. The van der Waals surface area contributed by atoms with Crippen LogP contribution < -0.4 is 0 Å². The molecule has 0 radical (unpaired) electrons. The third-order valence-electron chi connectivity index (χ3n) is 6.75. The summed E-state index contributed by atoms with van der Waals surface area (Å²) in [6, 6.07) is 19.9. The van der Waals surface area contributed by atoms with Crippen LogP contribution in [-0.2, 0) is 11.2 Å². The summed E-state index contributed by atoms with van der Waals surface area (Å²) in [5, 5.41) is 19.4. The number of unbranched alkanes of at least 4 members (excludes halogenated alkanes) is 4. The van der Waals surface area contributed by atoms with Crippen LogP contribution in [0.25, 0.3) is 0 Å². The van der Waals surface area contributed by atoms with Crippen molar-refractivity contribution in [2.75, 3.05) is 19.8 Å². The highest BCUT2D eigenvalue weighted by Crippen LogP contribution is 2.35. The number of phenolic OH excluding ortho intramolecular Hbond substituents is 1. The van der Waals surface area contributed by atoms with Crippen molar-refractivity contribution >= 4 is 0 Å². The summed E-state index contributed by atoms with van der Waals surface area (Å²) in [4.78, 5) is 2.53. The highest BCUT2D eigenvalue weighted by atomic mass is 16.5.